The van der Waals surface area contributed by atoms with Crippen molar-refractivity contribution in [2.24, 2.45) is 0 Å². The van der Waals surface area contributed by atoms with Gasteiger partial charge in [0.05, 0.1) is 11.9 Å². The Kier molecular flexibility index (Phi) is 3.25. The van der Waals surface area contributed by atoms with E-state index in [4.69, 9.17) is 11.6 Å². The van der Waals surface area contributed by atoms with Gasteiger partial charge in [-0.15, -0.1) is 0 Å². The summed E-state index contributed by atoms with van der Waals surface area (Å²) in [4.78, 5) is 8.85. The predicted molar refractivity (Wildman–Crippen MR) is 77.9 cm³/mol. The number of halogens is 1. The molecule has 0 bridgehead atoms. The fraction of sp³-hybridized carbons (Fsp3) is 0. The Morgan fingerprint density at radius 1 is 0.737 bits per heavy atom. The highest BCUT2D eigenvalue weighted by molar-refractivity contribution is 6.31. The maximum atomic E-state index is 6.24. The minimum absolute atomic E-state index is 0.424. The Hall–Kier alpha value is -2.19. The van der Waals surface area contributed by atoms with E-state index < -0.39 is 0 Å². The third kappa shape index (κ3) is 2.49. The van der Waals surface area contributed by atoms with Crippen molar-refractivity contribution < 1.29 is 0 Å². The van der Waals surface area contributed by atoms with E-state index in [1.165, 1.54) is 0 Å². The average molecular weight is 267 g/mol. The van der Waals surface area contributed by atoms with Gasteiger partial charge in [-0.1, -0.05) is 72.3 Å². The van der Waals surface area contributed by atoms with Crippen LogP contribution in [-0.4, -0.2) is 9.97 Å². The molecule has 0 fully saturated rings. The minimum Gasteiger partial charge on any atom is -0.251 e. The summed E-state index contributed by atoms with van der Waals surface area (Å²) in [5.74, 6) is 0. The van der Waals surface area contributed by atoms with Crippen LogP contribution in [0.25, 0.3) is 22.5 Å². The normalized spacial score (nSPS) is 10.4. The van der Waals surface area contributed by atoms with Gasteiger partial charge in [-0.2, -0.15) is 0 Å². The summed E-state index contributed by atoms with van der Waals surface area (Å²) in [6, 6.07) is 19.7. The fourth-order valence-corrected chi connectivity index (χ4v) is 2.15. The van der Waals surface area contributed by atoms with E-state index in [1.54, 1.807) is 6.20 Å². The minimum atomic E-state index is 0.424. The van der Waals surface area contributed by atoms with Gasteiger partial charge in [-0.05, 0) is 0 Å². The van der Waals surface area contributed by atoms with Gasteiger partial charge in [0, 0.05) is 11.1 Å². The molecule has 0 atom stereocenters. The van der Waals surface area contributed by atoms with Crippen LogP contribution in [0, 0.1) is 0 Å². The van der Waals surface area contributed by atoms with E-state index in [9.17, 15) is 0 Å². The third-order valence-electron chi connectivity index (χ3n) is 2.85. The van der Waals surface area contributed by atoms with E-state index in [1.807, 2.05) is 60.7 Å². The van der Waals surface area contributed by atoms with E-state index in [-0.39, 0.29) is 0 Å². The molecule has 0 amide bonds. The Balaban J connectivity index is 2.04. The molecule has 0 unspecified atom stereocenters. The van der Waals surface area contributed by atoms with Crippen LogP contribution in [0.3, 0.4) is 0 Å². The highest BCUT2D eigenvalue weighted by Gasteiger charge is 2.08. The van der Waals surface area contributed by atoms with E-state index in [2.05, 4.69) is 9.97 Å². The topological polar surface area (TPSA) is 25.8 Å². The van der Waals surface area contributed by atoms with Crippen molar-refractivity contribution in [2.45, 2.75) is 0 Å². The molecule has 0 N–H and O–H groups in total. The third-order valence-corrected chi connectivity index (χ3v) is 3.11. The number of nitrogens with zero attached hydrogens (tertiary/aromatic N) is 2. The summed E-state index contributed by atoms with van der Waals surface area (Å²) in [5, 5.41) is 0.424. The molecule has 0 radical (unpaired) electrons. The molecule has 0 saturated carbocycles. The van der Waals surface area contributed by atoms with Gasteiger partial charge in [-0.3, -0.25) is 4.98 Å². The zero-order valence-electron chi connectivity index (χ0n) is 10.1. The van der Waals surface area contributed by atoms with E-state index >= 15 is 0 Å². The number of hydrogen-bond acceptors (Lipinski definition) is 2. The first kappa shape index (κ1) is 11.9. The molecule has 0 aliphatic carbocycles. The van der Waals surface area contributed by atoms with Gasteiger partial charge in [-0.25, -0.2) is 4.98 Å². The van der Waals surface area contributed by atoms with Gasteiger partial charge in [0.15, 0.2) is 5.15 Å². The lowest BCUT2D eigenvalue weighted by Gasteiger charge is -2.05. The van der Waals surface area contributed by atoms with Gasteiger partial charge < -0.3 is 0 Å². The van der Waals surface area contributed by atoms with Crippen LogP contribution in [0.4, 0.5) is 0 Å². The number of benzene rings is 2. The summed E-state index contributed by atoms with van der Waals surface area (Å²) in [5.41, 5.74) is 3.48. The maximum absolute atomic E-state index is 6.24. The standard InChI is InChI=1S/C16H11ClN2/c17-16-15(13-9-5-2-6-10-13)18-11-14(19-16)12-7-3-1-4-8-12/h1-11H. The van der Waals surface area contributed by atoms with E-state index in [0.29, 0.717) is 10.8 Å². The maximum Gasteiger partial charge on any atom is 0.156 e. The molecule has 3 rings (SSSR count). The quantitative estimate of drug-likeness (QED) is 0.684. The van der Waals surface area contributed by atoms with E-state index in [0.717, 1.165) is 16.8 Å². The summed E-state index contributed by atoms with van der Waals surface area (Å²) < 4.78 is 0. The lowest BCUT2D eigenvalue weighted by atomic mass is 10.1. The van der Waals surface area contributed by atoms with Crippen LogP contribution in [0.5, 0.6) is 0 Å². The Morgan fingerprint density at radius 2 is 1.32 bits per heavy atom. The highest BCUT2D eigenvalue weighted by Crippen LogP contribution is 2.26. The summed E-state index contributed by atoms with van der Waals surface area (Å²) >= 11 is 6.24. The number of aromatic nitrogens is 2. The Labute approximate surface area is 116 Å². The Bertz CT molecular complexity index is 682. The van der Waals surface area contributed by atoms with Crippen molar-refractivity contribution in [1.29, 1.82) is 0 Å². The molecule has 0 aliphatic rings. The first-order chi connectivity index (χ1) is 9.34. The fourth-order valence-electron chi connectivity index (χ4n) is 1.90. The molecule has 1 aromatic heterocycles. The monoisotopic (exact) mass is 266 g/mol. The first-order valence-corrected chi connectivity index (χ1v) is 6.36. The Morgan fingerprint density at radius 3 is 1.89 bits per heavy atom. The van der Waals surface area contributed by atoms with Crippen LogP contribution in [0.2, 0.25) is 5.15 Å². The number of hydrogen-bond donors (Lipinski definition) is 0. The smallest absolute Gasteiger partial charge is 0.156 e. The molecule has 1 heterocycles. The van der Waals surface area contributed by atoms with Crippen molar-refractivity contribution in [3.8, 4) is 22.5 Å². The van der Waals surface area contributed by atoms with Gasteiger partial charge >= 0.3 is 0 Å². The van der Waals surface area contributed by atoms with Gasteiger partial charge in [0.25, 0.3) is 0 Å². The highest BCUT2D eigenvalue weighted by atomic mass is 35.5. The lowest BCUT2D eigenvalue weighted by Crippen LogP contribution is -1.91. The van der Waals surface area contributed by atoms with Crippen molar-refractivity contribution in [3.63, 3.8) is 0 Å². The second-order valence-electron chi connectivity index (χ2n) is 4.13. The molecular weight excluding hydrogens is 256 g/mol. The van der Waals surface area contributed by atoms with Crippen molar-refractivity contribution in [1.82, 2.24) is 9.97 Å². The SMILES string of the molecule is Clc1nc(-c2ccccc2)cnc1-c1ccccc1. The first-order valence-electron chi connectivity index (χ1n) is 5.98. The molecule has 0 saturated heterocycles. The second kappa shape index (κ2) is 5.21. The largest absolute Gasteiger partial charge is 0.251 e. The van der Waals surface area contributed by atoms with Crippen LogP contribution < -0.4 is 0 Å². The van der Waals surface area contributed by atoms with Crippen molar-refractivity contribution >= 4 is 11.6 Å². The molecule has 3 aromatic rings. The molecule has 92 valence electrons. The average Bonchev–Trinajstić information content (AvgIpc) is 2.49. The van der Waals surface area contributed by atoms with Crippen molar-refractivity contribution in [2.75, 3.05) is 0 Å². The lowest BCUT2D eigenvalue weighted by molar-refractivity contribution is 1.21. The van der Waals surface area contributed by atoms with Crippen LogP contribution in [0.15, 0.2) is 66.9 Å². The summed E-state index contributed by atoms with van der Waals surface area (Å²) in [6.07, 6.45) is 1.75. The summed E-state index contributed by atoms with van der Waals surface area (Å²) in [6.45, 7) is 0. The number of rotatable bonds is 2. The second-order valence-corrected chi connectivity index (χ2v) is 4.48. The molecule has 0 spiro atoms. The van der Waals surface area contributed by atoms with Gasteiger partial charge in [0.1, 0.15) is 5.69 Å². The molecule has 0 aliphatic heterocycles. The summed E-state index contributed by atoms with van der Waals surface area (Å²) in [7, 11) is 0. The van der Waals surface area contributed by atoms with Crippen LogP contribution >= 0.6 is 11.6 Å². The van der Waals surface area contributed by atoms with Crippen LogP contribution in [-0.2, 0) is 0 Å². The zero-order chi connectivity index (χ0) is 13.1. The molecule has 2 aromatic carbocycles. The molecule has 2 nitrogen and oxygen atoms in total. The van der Waals surface area contributed by atoms with Crippen molar-refractivity contribution in [3.05, 3.63) is 72.0 Å². The zero-order valence-corrected chi connectivity index (χ0v) is 10.9. The molecule has 19 heavy (non-hydrogen) atoms. The predicted octanol–water partition coefficient (Wildman–Crippen LogP) is 4.46. The van der Waals surface area contributed by atoms with Crippen LogP contribution in [0.1, 0.15) is 0 Å². The molecular formula is C16H11ClN2. The molecule has 3 heteroatoms. The van der Waals surface area contributed by atoms with Gasteiger partial charge in [0.2, 0.25) is 0 Å².